The van der Waals surface area contributed by atoms with Crippen LogP contribution in [0.1, 0.15) is 56.2 Å². The molecule has 0 radical (unpaired) electrons. The van der Waals surface area contributed by atoms with Gasteiger partial charge < -0.3 is 10.1 Å². The van der Waals surface area contributed by atoms with E-state index >= 15 is 0 Å². The average molecular weight is 259 g/mol. The van der Waals surface area contributed by atoms with E-state index in [1.165, 1.54) is 49.7 Å². The lowest BCUT2D eigenvalue weighted by molar-refractivity contribution is 0.221. The Bertz CT molecular complexity index is 439. The lowest BCUT2D eigenvalue weighted by Gasteiger charge is -2.36. The molecular formula is C17H25NO. The Morgan fingerprint density at radius 3 is 2.74 bits per heavy atom. The van der Waals surface area contributed by atoms with Crippen LogP contribution in [0.3, 0.4) is 0 Å². The number of hydrogen-bond acceptors (Lipinski definition) is 2. The summed E-state index contributed by atoms with van der Waals surface area (Å²) < 4.78 is 5.39. The minimum absolute atomic E-state index is 0.523. The van der Waals surface area contributed by atoms with Crippen LogP contribution in [0.2, 0.25) is 0 Å². The van der Waals surface area contributed by atoms with Crippen molar-refractivity contribution in [3.05, 3.63) is 29.3 Å². The van der Waals surface area contributed by atoms with Crippen LogP contribution in [0.25, 0.3) is 0 Å². The highest BCUT2D eigenvalue weighted by Gasteiger charge is 2.28. The third-order valence-electron chi connectivity index (χ3n) is 4.99. The number of fused-ring (bicyclic) bond motifs is 1. The Kier molecular flexibility index (Phi) is 3.79. The lowest BCUT2D eigenvalue weighted by Crippen LogP contribution is -2.40. The maximum absolute atomic E-state index is 5.39. The van der Waals surface area contributed by atoms with Gasteiger partial charge in [-0.15, -0.1) is 0 Å². The molecule has 2 nitrogen and oxygen atoms in total. The highest BCUT2D eigenvalue weighted by molar-refractivity contribution is 5.39. The van der Waals surface area contributed by atoms with Gasteiger partial charge in [-0.05, 0) is 68.2 Å². The fourth-order valence-electron chi connectivity index (χ4n) is 3.47. The molecule has 3 rings (SSSR count). The van der Waals surface area contributed by atoms with Crippen LogP contribution in [-0.2, 0) is 6.42 Å². The van der Waals surface area contributed by atoms with Gasteiger partial charge in [0.1, 0.15) is 5.75 Å². The Morgan fingerprint density at radius 2 is 2.05 bits per heavy atom. The highest BCUT2D eigenvalue weighted by atomic mass is 16.5. The first-order valence-corrected chi connectivity index (χ1v) is 7.71. The minimum atomic E-state index is 0.523. The Morgan fingerprint density at radius 1 is 1.21 bits per heavy atom. The van der Waals surface area contributed by atoms with Crippen molar-refractivity contribution >= 4 is 0 Å². The molecule has 0 aromatic heterocycles. The molecule has 0 aliphatic heterocycles. The standard InChI is InChI=1S/C17H25NO/c1-12(13-5-3-6-13)18-17-8-4-7-14-9-10-15(19-2)11-16(14)17/h9-13,17-18H,3-8H2,1-2H3. The summed E-state index contributed by atoms with van der Waals surface area (Å²) in [6.45, 7) is 2.36. The molecule has 0 bridgehead atoms. The van der Waals surface area contributed by atoms with Gasteiger partial charge in [0.15, 0.2) is 0 Å². The zero-order valence-electron chi connectivity index (χ0n) is 12.1. The van der Waals surface area contributed by atoms with Gasteiger partial charge in [0.05, 0.1) is 7.11 Å². The van der Waals surface area contributed by atoms with Gasteiger partial charge in [-0.1, -0.05) is 12.5 Å². The van der Waals surface area contributed by atoms with Crippen molar-refractivity contribution in [1.82, 2.24) is 5.32 Å². The molecule has 0 heterocycles. The Balaban J connectivity index is 1.76. The van der Waals surface area contributed by atoms with Crippen molar-refractivity contribution in [2.75, 3.05) is 7.11 Å². The molecule has 0 saturated heterocycles. The number of aryl methyl sites for hydroxylation is 1. The maximum Gasteiger partial charge on any atom is 0.119 e. The quantitative estimate of drug-likeness (QED) is 0.886. The number of benzene rings is 1. The van der Waals surface area contributed by atoms with Crippen LogP contribution in [0.15, 0.2) is 18.2 Å². The Hall–Kier alpha value is -1.02. The molecule has 19 heavy (non-hydrogen) atoms. The van der Waals surface area contributed by atoms with Crippen molar-refractivity contribution in [3.8, 4) is 5.75 Å². The molecule has 2 heteroatoms. The number of hydrogen-bond donors (Lipinski definition) is 1. The Labute approximate surface area is 116 Å². The van der Waals surface area contributed by atoms with Crippen molar-refractivity contribution in [2.24, 2.45) is 5.92 Å². The third-order valence-corrected chi connectivity index (χ3v) is 4.99. The second kappa shape index (κ2) is 5.54. The summed E-state index contributed by atoms with van der Waals surface area (Å²) in [7, 11) is 1.75. The van der Waals surface area contributed by atoms with Crippen LogP contribution in [0.5, 0.6) is 5.75 Å². The van der Waals surface area contributed by atoms with Crippen LogP contribution in [-0.4, -0.2) is 13.2 Å². The van der Waals surface area contributed by atoms with Crippen LogP contribution in [0.4, 0.5) is 0 Å². The largest absolute Gasteiger partial charge is 0.497 e. The molecule has 0 spiro atoms. The first-order valence-electron chi connectivity index (χ1n) is 7.71. The third kappa shape index (κ3) is 2.64. The SMILES string of the molecule is COc1ccc2c(c1)C(NC(C)C1CCC1)CCC2. The molecular weight excluding hydrogens is 234 g/mol. The summed E-state index contributed by atoms with van der Waals surface area (Å²) in [5.74, 6) is 1.89. The van der Waals surface area contributed by atoms with Gasteiger partial charge in [0.2, 0.25) is 0 Å². The first kappa shape index (κ1) is 13.0. The van der Waals surface area contributed by atoms with Crippen molar-refractivity contribution in [2.45, 2.75) is 57.5 Å². The summed E-state index contributed by atoms with van der Waals surface area (Å²) in [5, 5.41) is 3.87. The van der Waals surface area contributed by atoms with E-state index in [9.17, 15) is 0 Å². The number of methoxy groups -OCH3 is 1. The predicted molar refractivity (Wildman–Crippen MR) is 78.6 cm³/mol. The van der Waals surface area contributed by atoms with E-state index in [0.717, 1.165) is 11.7 Å². The summed E-state index contributed by atoms with van der Waals surface area (Å²) in [5.41, 5.74) is 2.97. The maximum atomic E-state index is 5.39. The van der Waals surface area contributed by atoms with Crippen molar-refractivity contribution < 1.29 is 4.74 Å². The predicted octanol–water partition coefficient (Wildman–Crippen LogP) is 3.85. The topological polar surface area (TPSA) is 21.3 Å². The second-order valence-electron chi connectivity index (χ2n) is 6.16. The summed E-state index contributed by atoms with van der Waals surface area (Å²) >= 11 is 0. The van der Waals surface area contributed by atoms with Crippen LogP contribution < -0.4 is 10.1 Å². The number of rotatable bonds is 4. The second-order valence-corrected chi connectivity index (χ2v) is 6.16. The zero-order chi connectivity index (χ0) is 13.2. The molecule has 1 aromatic carbocycles. The van der Waals surface area contributed by atoms with Gasteiger partial charge in [-0.25, -0.2) is 0 Å². The molecule has 1 fully saturated rings. The van der Waals surface area contributed by atoms with Gasteiger partial charge in [0.25, 0.3) is 0 Å². The summed E-state index contributed by atoms with van der Waals surface area (Å²) in [6, 6.07) is 7.75. The molecule has 2 unspecified atom stereocenters. The molecule has 1 saturated carbocycles. The molecule has 1 N–H and O–H groups in total. The van der Waals surface area contributed by atoms with E-state index < -0.39 is 0 Å². The summed E-state index contributed by atoms with van der Waals surface area (Å²) in [6.07, 6.45) is 8.02. The van der Waals surface area contributed by atoms with E-state index in [1.807, 2.05) is 0 Å². The number of nitrogens with one attached hydrogen (secondary N) is 1. The van der Waals surface area contributed by atoms with Crippen molar-refractivity contribution in [1.29, 1.82) is 0 Å². The van der Waals surface area contributed by atoms with Gasteiger partial charge >= 0.3 is 0 Å². The molecule has 2 aliphatic rings. The van der Waals surface area contributed by atoms with E-state index in [4.69, 9.17) is 4.74 Å². The van der Waals surface area contributed by atoms with Gasteiger partial charge in [-0.3, -0.25) is 0 Å². The fourth-order valence-corrected chi connectivity index (χ4v) is 3.47. The number of ether oxygens (including phenoxy) is 1. The van der Waals surface area contributed by atoms with Crippen molar-refractivity contribution in [3.63, 3.8) is 0 Å². The average Bonchev–Trinajstić information content (AvgIpc) is 2.36. The highest BCUT2D eigenvalue weighted by Crippen LogP contribution is 2.35. The first-order chi connectivity index (χ1) is 9.28. The summed E-state index contributed by atoms with van der Waals surface area (Å²) in [4.78, 5) is 0. The van der Waals surface area contributed by atoms with Crippen LogP contribution >= 0.6 is 0 Å². The van der Waals surface area contributed by atoms with E-state index in [0.29, 0.717) is 12.1 Å². The monoisotopic (exact) mass is 259 g/mol. The zero-order valence-corrected chi connectivity index (χ0v) is 12.1. The fraction of sp³-hybridized carbons (Fsp3) is 0.647. The molecule has 2 atom stereocenters. The molecule has 2 aliphatic carbocycles. The molecule has 104 valence electrons. The van der Waals surface area contributed by atoms with Crippen LogP contribution in [0, 0.1) is 5.92 Å². The normalized spacial score (nSPS) is 24.4. The van der Waals surface area contributed by atoms with Gasteiger partial charge in [0, 0.05) is 12.1 Å². The van der Waals surface area contributed by atoms with E-state index in [1.54, 1.807) is 7.11 Å². The van der Waals surface area contributed by atoms with Gasteiger partial charge in [-0.2, -0.15) is 0 Å². The lowest BCUT2D eigenvalue weighted by atomic mass is 9.79. The molecule has 1 aromatic rings. The van der Waals surface area contributed by atoms with E-state index in [2.05, 4.69) is 30.4 Å². The molecule has 0 amide bonds. The minimum Gasteiger partial charge on any atom is -0.497 e. The van der Waals surface area contributed by atoms with E-state index in [-0.39, 0.29) is 0 Å². The smallest absolute Gasteiger partial charge is 0.119 e.